The van der Waals surface area contributed by atoms with Crippen LogP contribution in [-0.2, 0) is 13.0 Å². The van der Waals surface area contributed by atoms with Gasteiger partial charge in [-0.05, 0) is 50.3 Å². The maximum absolute atomic E-state index is 12.3. The second kappa shape index (κ2) is 3.82. The van der Waals surface area contributed by atoms with Gasteiger partial charge in [-0.1, -0.05) is 12.1 Å². The highest BCUT2D eigenvalue weighted by Crippen LogP contribution is 2.36. The molecule has 1 saturated carbocycles. The van der Waals surface area contributed by atoms with Crippen molar-refractivity contribution in [2.24, 2.45) is 5.73 Å². The lowest BCUT2D eigenvalue weighted by Gasteiger charge is -2.19. The first-order chi connectivity index (χ1) is 8.48. The summed E-state index contributed by atoms with van der Waals surface area (Å²) in [6, 6.07) is 6.53. The summed E-state index contributed by atoms with van der Waals surface area (Å²) >= 11 is 0. The van der Waals surface area contributed by atoms with Gasteiger partial charge < -0.3 is 10.6 Å². The first-order valence-corrected chi connectivity index (χ1v) is 6.70. The van der Waals surface area contributed by atoms with E-state index < -0.39 is 0 Å². The van der Waals surface area contributed by atoms with Crippen molar-refractivity contribution in [1.82, 2.24) is 4.90 Å². The zero-order chi connectivity index (χ0) is 12.9. The number of hydrogen-bond acceptors (Lipinski definition) is 2. The standard InChI is InChI=1S/C15H20N2O/c1-10(2)17-9-12-4-3-11(7-13(12)14(17)18)8-15(16)5-6-15/h3-4,7,10H,5-6,8-9,16H2,1-2H3. The summed E-state index contributed by atoms with van der Waals surface area (Å²) in [6.45, 7) is 4.87. The van der Waals surface area contributed by atoms with Gasteiger partial charge in [-0.3, -0.25) is 4.79 Å². The zero-order valence-corrected chi connectivity index (χ0v) is 11.1. The van der Waals surface area contributed by atoms with Crippen LogP contribution in [0.5, 0.6) is 0 Å². The van der Waals surface area contributed by atoms with Gasteiger partial charge in [0.2, 0.25) is 0 Å². The molecule has 0 spiro atoms. The van der Waals surface area contributed by atoms with E-state index in [0.29, 0.717) is 0 Å². The molecule has 0 aromatic heterocycles. The molecule has 1 amide bonds. The minimum atomic E-state index is 0.00756. The molecule has 3 nitrogen and oxygen atoms in total. The summed E-state index contributed by atoms with van der Waals surface area (Å²) in [4.78, 5) is 14.2. The van der Waals surface area contributed by atoms with E-state index in [1.807, 2.05) is 11.0 Å². The van der Waals surface area contributed by atoms with Crippen molar-refractivity contribution < 1.29 is 4.79 Å². The third-order valence-electron chi connectivity index (χ3n) is 4.08. The lowest BCUT2D eigenvalue weighted by atomic mass is 10.00. The number of carbonyl (C=O) groups is 1. The molecule has 0 radical (unpaired) electrons. The molecule has 2 N–H and O–H groups in total. The summed E-state index contributed by atoms with van der Waals surface area (Å²) < 4.78 is 0. The van der Waals surface area contributed by atoms with Gasteiger partial charge in [-0.25, -0.2) is 0 Å². The SMILES string of the molecule is CC(C)N1Cc2ccc(CC3(N)CC3)cc2C1=O. The van der Waals surface area contributed by atoms with Crippen LogP contribution in [0.2, 0.25) is 0 Å². The number of hydrogen-bond donors (Lipinski definition) is 1. The number of carbonyl (C=O) groups excluding carboxylic acids is 1. The highest BCUT2D eigenvalue weighted by Gasteiger charge is 2.38. The average Bonchev–Trinajstić information content (AvgIpc) is 2.93. The molecule has 1 aliphatic heterocycles. The van der Waals surface area contributed by atoms with Crippen molar-refractivity contribution >= 4 is 5.91 Å². The Hall–Kier alpha value is -1.35. The maximum Gasteiger partial charge on any atom is 0.254 e. The molecule has 3 rings (SSSR count). The Morgan fingerprint density at radius 3 is 2.72 bits per heavy atom. The molecule has 2 aliphatic rings. The van der Waals surface area contributed by atoms with E-state index in [2.05, 4.69) is 26.0 Å². The highest BCUT2D eigenvalue weighted by atomic mass is 16.2. The summed E-state index contributed by atoms with van der Waals surface area (Å²) in [5.74, 6) is 0.170. The zero-order valence-electron chi connectivity index (χ0n) is 11.1. The molecule has 1 aromatic carbocycles. The Morgan fingerprint density at radius 1 is 1.39 bits per heavy atom. The second-order valence-electron chi connectivity index (χ2n) is 6.06. The van der Waals surface area contributed by atoms with Crippen LogP contribution < -0.4 is 5.73 Å². The Morgan fingerprint density at radius 2 is 2.11 bits per heavy atom. The van der Waals surface area contributed by atoms with Crippen LogP contribution in [0.3, 0.4) is 0 Å². The van der Waals surface area contributed by atoms with Gasteiger partial charge in [0.05, 0.1) is 0 Å². The summed E-state index contributed by atoms with van der Waals surface area (Å²) in [5.41, 5.74) is 9.38. The van der Waals surface area contributed by atoms with Crippen molar-refractivity contribution in [3.63, 3.8) is 0 Å². The van der Waals surface area contributed by atoms with Crippen molar-refractivity contribution in [2.45, 2.75) is 51.2 Å². The van der Waals surface area contributed by atoms with E-state index >= 15 is 0 Å². The van der Waals surface area contributed by atoms with Gasteiger partial charge in [0, 0.05) is 23.7 Å². The normalized spacial score (nSPS) is 20.4. The van der Waals surface area contributed by atoms with Crippen molar-refractivity contribution in [2.75, 3.05) is 0 Å². The number of nitrogens with zero attached hydrogens (tertiary/aromatic N) is 1. The predicted octanol–water partition coefficient (Wildman–Crippen LogP) is 2.08. The quantitative estimate of drug-likeness (QED) is 0.885. The number of amides is 1. The molecular formula is C15H20N2O. The summed E-state index contributed by atoms with van der Waals surface area (Å²) in [6.07, 6.45) is 3.11. The van der Waals surface area contributed by atoms with Crippen LogP contribution in [-0.4, -0.2) is 22.4 Å². The van der Waals surface area contributed by atoms with Crippen molar-refractivity contribution in [3.8, 4) is 0 Å². The van der Waals surface area contributed by atoms with E-state index in [1.165, 1.54) is 5.56 Å². The van der Waals surface area contributed by atoms with Crippen LogP contribution in [0.25, 0.3) is 0 Å². The van der Waals surface area contributed by atoms with Crippen LogP contribution >= 0.6 is 0 Å². The minimum absolute atomic E-state index is 0.00756. The van der Waals surface area contributed by atoms with Crippen LogP contribution in [0.1, 0.15) is 48.2 Å². The summed E-state index contributed by atoms with van der Waals surface area (Å²) in [5, 5.41) is 0. The highest BCUT2D eigenvalue weighted by molar-refractivity contribution is 5.98. The molecule has 0 saturated heterocycles. The van der Waals surface area contributed by atoms with Crippen molar-refractivity contribution in [3.05, 3.63) is 34.9 Å². The van der Waals surface area contributed by atoms with E-state index in [9.17, 15) is 4.79 Å². The van der Waals surface area contributed by atoms with E-state index in [0.717, 1.165) is 36.9 Å². The first-order valence-electron chi connectivity index (χ1n) is 6.70. The number of fused-ring (bicyclic) bond motifs is 1. The van der Waals surface area contributed by atoms with Gasteiger partial charge in [0.25, 0.3) is 5.91 Å². The second-order valence-corrected chi connectivity index (χ2v) is 6.06. The fourth-order valence-electron chi connectivity index (χ4n) is 2.64. The fourth-order valence-corrected chi connectivity index (χ4v) is 2.64. The molecule has 1 aliphatic carbocycles. The summed E-state index contributed by atoms with van der Waals surface area (Å²) in [7, 11) is 0. The van der Waals surface area contributed by atoms with Gasteiger partial charge in [-0.2, -0.15) is 0 Å². The van der Waals surface area contributed by atoms with Gasteiger partial charge >= 0.3 is 0 Å². The molecule has 1 aromatic rings. The monoisotopic (exact) mass is 244 g/mol. The van der Waals surface area contributed by atoms with E-state index in [4.69, 9.17) is 5.73 Å². The Bertz CT molecular complexity index is 503. The molecule has 1 fully saturated rings. The number of benzene rings is 1. The first kappa shape index (κ1) is 11.7. The van der Waals surface area contributed by atoms with Crippen LogP contribution in [0.15, 0.2) is 18.2 Å². The molecule has 0 bridgehead atoms. The molecule has 18 heavy (non-hydrogen) atoms. The third-order valence-corrected chi connectivity index (χ3v) is 4.08. The molecule has 0 atom stereocenters. The topological polar surface area (TPSA) is 46.3 Å². The molecule has 3 heteroatoms. The number of nitrogens with two attached hydrogens (primary N) is 1. The molecular weight excluding hydrogens is 224 g/mol. The smallest absolute Gasteiger partial charge is 0.254 e. The minimum Gasteiger partial charge on any atom is -0.332 e. The Labute approximate surface area is 108 Å². The Kier molecular flexibility index (Phi) is 2.49. The van der Waals surface area contributed by atoms with Gasteiger partial charge in [0.1, 0.15) is 0 Å². The molecule has 0 unspecified atom stereocenters. The van der Waals surface area contributed by atoms with Crippen LogP contribution in [0, 0.1) is 0 Å². The molecule has 1 heterocycles. The maximum atomic E-state index is 12.3. The van der Waals surface area contributed by atoms with Gasteiger partial charge in [-0.15, -0.1) is 0 Å². The number of rotatable bonds is 3. The predicted molar refractivity (Wildman–Crippen MR) is 71.3 cm³/mol. The average molecular weight is 244 g/mol. The van der Waals surface area contributed by atoms with E-state index in [1.54, 1.807) is 0 Å². The van der Waals surface area contributed by atoms with Crippen molar-refractivity contribution in [1.29, 1.82) is 0 Å². The largest absolute Gasteiger partial charge is 0.332 e. The van der Waals surface area contributed by atoms with E-state index in [-0.39, 0.29) is 17.5 Å². The molecule has 96 valence electrons. The van der Waals surface area contributed by atoms with Gasteiger partial charge in [0.15, 0.2) is 0 Å². The lowest BCUT2D eigenvalue weighted by molar-refractivity contribution is 0.0730. The fraction of sp³-hybridized carbons (Fsp3) is 0.533. The lowest BCUT2D eigenvalue weighted by Crippen LogP contribution is -2.30. The van der Waals surface area contributed by atoms with Crippen LogP contribution in [0.4, 0.5) is 0 Å². The third kappa shape index (κ3) is 1.93. The Balaban J connectivity index is 1.87.